The van der Waals surface area contributed by atoms with E-state index in [9.17, 15) is 0 Å². The summed E-state index contributed by atoms with van der Waals surface area (Å²) in [5, 5.41) is 7.35. The summed E-state index contributed by atoms with van der Waals surface area (Å²) in [5.74, 6) is 0.707. The van der Waals surface area contributed by atoms with Crippen LogP contribution in [0.15, 0.2) is 206 Å². The van der Waals surface area contributed by atoms with Crippen molar-refractivity contribution in [1.82, 2.24) is 9.97 Å². The predicted molar refractivity (Wildman–Crippen MR) is 228 cm³/mol. The van der Waals surface area contributed by atoms with Crippen molar-refractivity contribution in [3.8, 4) is 45.0 Å². The predicted octanol–water partition coefficient (Wildman–Crippen LogP) is 13.3. The first kappa shape index (κ1) is 31.4. The van der Waals surface area contributed by atoms with Crippen LogP contribution in [0.4, 0.5) is 0 Å². The van der Waals surface area contributed by atoms with Gasteiger partial charge in [-0.25, -0.2) is 9.97 Å². The molecule has 1 aliphatic carbocycles. The van der Waals surface area contributed by atoms with Crippen LogP contribution >= 0.6 is 0 Å². The SMILES string of the molecule is c1ccc(-c2nc(-c3cccc4c3-c3ccccc3C4(c3ccccc3)c3ccccc3)cc(-c3cccc4c3ccc3cc5ccccc5cc34)n2)cc1. The average molecular weight is 699 g/mol. The fourth-order valence-electron chi connectivity index (χ4n) is 9.15. The molecule has 0 fully saturated rings. The molecule has 2 heteroatoms. The Morgan fingerprint density at radius 3 is 1.64 bits per heavy atom. The summed E-state index contributed by atoms with van der Waals surface area (Å²) in [6.45, 7) is 0. The monoisotopic (exact) mass is 698 g/mol. The number of aromatic nitrogens is 2. The van der Waals surface area contributed by atoms with Gasteiger partial charge in [0.2, 0.25) is 0 Å². The van der Waals surface area contributed by atoms with Gasteiger partial charge in [-0.3, -0.25) is 0 Å². The first-order valence-electron chi connectivity index (χ1n) is 18.9. The number of benzene rings is 9. The number of rotatable bonds is 5. The van der Waals surface area contributed by atoms with E-state index in [1.165, 1.54) is 65.7 Å². The highest BCUT2D eigenvalue weighted by Crippen LogP contribution is 2.58. The van der Waals surface area contributed by atoms with Crippen LogP contribution in [0.25, 0.3) is 77.3 Å². The van der Waals surface area contributed by atoms with Gasteiger partial charge in [0.25, 0.3) is 0 Å². The highest BCUT2D eigenvalue weighted by molar-refractivity contribution is 6.15. The van der Waals surface area contributed by atoms with Gasteiger partial charge in [-0.15, -0.1) is 0 Å². The van der Waals surface area contributed by atoms with Gasteiger partial charge in [-0.2, -0.15) is 0 Å². The molecule has 0 radical (unpaired) electrons. The standard InChI is InChI=1S/C53H34N2/c1-4-16-35(17-5-1)52-54-49(43-26-14-25-41-42(43)31-30-38-32-36-18-10-11-19-37(36)33-46(38)41)34-50(55-52)45-27-15-29-48-51(45)44-24-12-13-28-47(44)53(48,39-20-6-2-7-21-39)40-22-8-3-9-23-40/h1-34H. The molecule has 0 unspecified atom stereocenters. The molecular formula is C53H34N2. The number of nitrogens with zero attached hydrogens (tertiary/aromatic N) is 2. The van der Waals surface area contributed by atoms with E-state index in [0.29, 0.717) is 5.82 Å². The van der Waals surface area contributed by atoms with Crippen molar-refractivity contribution in [1.29, 1.82) is 0 Å². The Morgan fingerprint density at radius 2 is 0.891 bits per heavy atom. The van der Waals surface area contributed by atoms with Crippen LogP contribution in [0.1, 0.15) is 22.3 Å². The van der Waals surface area contributed by atoms with Gasteiger partial charge in [0, 0.05) is 16.7 Å². The smallest absolute Gasteiger partial charge is 0.160 e. The Bertz CT molecular complexity index is 3040. The first-order chi connectivity index (χ1) is 27.3. The van der Waals surface area contributed by atoms with E-state index in [1.807, 2.05) is 6.07 Å². The van der Waals surface area contributed by atoms with Gasteiger partial charge >= 0.3 is 0 Å². The van der Waals surface area contributed by atoms with Crippen molar-refractivity contribution in [2.75, 3.05) is 0 Å². The Morgan fingerprint density at radius 1 is 0.327 bits per heavy atom. The maximum Gasteiger partial charge on any atom is 0.160 e. The van der Waals surface area contributed by atoms with Crippen LogP contribution in [0.2, 0.25) is 0 Å². The summed E-state index contributed by atoms with van der Waals surface area (Å²) in [6.07, 6.45) is 0. The van der Waals surface area contributed by atoms with E-state index in [4.69, 9.17) is 9.97 Å². The van der Waals surface area contributed by atoms with Crippen molar-refractivity contribution in [2.45, 2.75) is 5.41 Å². The molecule has 1 aliphatic rings. The van der Waals surface area contributed by atoms with Gasteiger partial charge < -0.3 is 0 Å². The quantitative estimate of drug-likeness (QED) is 0.132. The van der Waals surface area contributed by atoms with Crippen LogP contribution in [0.3, 0.4) is 0 Å². The molecule has 2 nitrogen and oxygen atoms in total. The zero-order chi connectivity index (χ0) is 36.3. The van der Waals surface area contributed by atoms with E-state index in [1.54, 1.807) is 0 Å². The minimum absolute atomic E-state index is 0.497. The molecule has 9 aromatic carbocycles. The van der Waals surface area contributed by atoms with Crippen molar-refractivity contribution < 1.29 is 0 Å². The number of fused-ring (bicyclic) bond motifs is 7. The van der Waals surface area contributed by atoms with E-state index >= 15 is 0 Å². The molecule has 0 saturated heterocycles. The lowest BCUT2D eigenvalue weighted by Crippen LogP contribution is -2.28. The normalized spacial score (nSPS) is 12.9. The minimum Gasteiger partial charge on any atom is -0.228 e. The fraction of sp³-hybridized carbons (Fsp3) is 0.0189. The zero-order valence-corrected chi connectivity index (χ0v) is 30.0. The lowest BCUT2D eigenvalue weighted by molar-refractivity contribution is 0.768. The summed E-state index contributed by atoms with van der Waals surface area (Å²) in [6, 6.07) is 74.5. The molecule has 0 saturated carbocycles. The van der Waals surface area contributed by atoms with Crippen molar-refractivity contribution in [2.24, 2.45) is 0 Å². The summed E-state index contributed by atoms with van der Waals surface area (Å²) >= 11 is 0. The van der Waals surface area contributed by atoms with Gasteiger partial charge in [0.1, 0.15) is 0 Å². The highest BCUT2D eigenvalue weighted by atomic mass is 14.9. The second-order valence-electron chi connectivity index (χ2n) is 14.5. The van der Waals surface area contributed by atoms with E-state index < -0.39 is 5.41 Å². The zero-order valence-electron chi connectivity index (χ0n) is 30.0. The number of hydrogen-bond acceptors (Lipinski definition) is 2. The lowest BCUT2D eigenvalue weighted by atomic mass is 9.67. The molecule has 0 aliphatic heterocycles. The third-order valence-corrected chi connectivity index (χ3v) is 11.5. The molecule has 10 aromatic rings. The number of hydrogen-bond donors (Lipinski definition) is 0. The summed E-state index contributed by atoms with van der Waals surface area (Å²) in [5.41, 5.74) is 11.9. The fourth-order valence-corrected chi connectivity index (χ4v) is 9.15. The molecule has 0 N–H and O–H groups in total. The molecule has 0 bridgehead atoms. The average Bonchev–Trinajstić information content (AvgIpc) is 3.57. The van der Waals surface area contributed by atoms with Crippen LogP contribution in [0.5, 0.6) is 0 Å². The van der Waals surface area contributed by atoms with Gasteiger partial charge in [-0.05, 0) is 83.9 Å². The maximum absolute atomic E-state index is 5.40. The third kappa shape index (κ3) is 4.82. The molecular weight excluding hydrogens is 665 g/mol. The third-order valence-electron chi connectivity index (χ3n) is 11.5. The van der Waals surface area contributed by atoms with E-state index in [2.05, 4.69) is 200 Å². The molecule has 1 heterocycles. The van der Waals surface area contributed by atoms with Crippen LogP contribution in [-0.2, 0) is 5.41 Å². The molecule has 1 aromatic heterocycles. The van der Waals surface area contributed by atoms with Crippen molar-refractivity contribution in [3.05, 3.63) is 229 Å². The maximum atomic E-state index is 5.40. The lowest BCUT2D eigenvalue weighted by Gasteiger charge is -2.33. The Balaban J connectivity index is 1.19. The van der Waals surface area contributed by atoms with Crippen LogP contribution in [0, 0.1) is 0 Å². The van der Waals surface area contributed by atoms with Crippen LogP contribution < -0.4 is 0 Å². The Hall–Kier alpha value is -7.16. The molecule has 55 heavy (non-hydrogen) atoms. The Labute approximate surface area is 320 Å². The minimum atomic E-state index is -0.497. The largest absolute Gasteiger partial charge is 0.228 e. The summed E-state index contributed by atoms with van der Waals surface area (Å²) < 4.78 is 0. The van der Waals surface area contributed by atoms with E-state index in [0.717, 1.165) is 28.1 Å². The van der Waals surface area contributed by atoms with Gasteiger partial charge in [0.05, 0.1) is 16.8 Å². The van der Waals surface area contributed by atoms with Crippen molar-refractivity contribution in [3.63, 3.8) is 0 Å². The topological polar surface area (TPSA) is 25.8 Å². The molecule has 256 valence electrons. The van der Waals surface area contributed by atoms with Gasteiger partial charge in [0.15, 0.2) is 5.82 Å². The van der Waals surface area contributed by atoms with Gasteiger partial charge in [-0.1, -0.05) is 188 Å². The first-order valence-corrected chi connectivity index (χ1v) is 18.9. The summed E-state index contributed by atoms with van der Waals surface area (Å²) in [4.78, 5) is 10.7. The molecule has 0 amide bonds. The van der Waals surface area contributed by atoms with Crippen molar-refractivity contribution >= 4 is 32.3 Å². The second kappa shape index (κ2) is 12.5. The van der Waals surface area contributed by atoms with Crippen LogP contribution in [-0.4, -0.2) is 9.97 Å². The second-order valence-corrected chi connectivity index (χ2v) is 14.5. The Kier molecular flexibility index (Phi) is 7.11. The summed E-state index contributed by atoms with van der Waals surface area (Å²) in [7, 11) is 0. The molecule has 0 spiro atoms. The van der Waals surface area contributed by atoms with E-state index in [-0.39, 0.29) is 0 Å². The highest BCUT2D eigenvalue weighted by Gasteiger charge is 2.46. The molecule has 0 atom stereocenters. The molecule has 11 rings (SSSR count).